The Morgan fingerprint density at radius 2 is 1.88 bits per heavy atom. The average molecular weight is 452 g/mol. The Morgan fingerprint density at radius 1 is 1.09 bits per heavy atom. The van der Waals surface area contributed by atoms with E-state index >= 15 is 0 Å². The molecule has 0 fully saturated rings. The Balaban J connectivity index is 1.84. The van der Waals surface area contributed by atoms with Crippen molar-refractivity contribution in [3.8, 4) is 0 Å². The van der Waals surface area contributed by atoms with Crippen LogP contribution in [-0.4, -0.2) is 15.0 Å². The highest BCUT2D eigenvalue weighted by Gasteiger charge is 2.25. The average Bonchev–Trinajstić information content (AvgIpc) is 3.32. The maximum absolute atomic E-state index is 13.5. The van der Waals surface area contributed by atoms with Crippen LogP contribution >= 0.6 is 11.6 Å². The number of aromatic nitrogens is 2. The molecule has 0 spiro atoms. The topological polar surface area (TPSA) is 86.2 Å². The van der Waals surface area contributed by atoms with E-state index in [-0.39, 0.29) is 19.0 Å². The first-order valence-corrected chi connectivity index (χ1v) is 10.7. The highest BCUT2D eigenvalue weighted by molar-refractivity contribution is 6.31. The third-order valence-corrected chi connectivity index (χ3v) is 5.57. The lowest BCUT2D eigenvalue weighted by atomic mass is 10.1. The van der Waals surface area contributed by atoms with Crippen LogP contribution in [0.5, 0.6) is 0 Å². The minimum absolute atomic E-state index is 0.0987. The normalized spacial score (nSPS) is 12.1. The predicted molar refractivity (Wildman–Crippen MR) is 123 cm³/mol. The summed E-state index contributed by atoms with van der Waals surface area (Å²) in [5.41, 5.74) is 0.153. The second kappa shape index (κ2) is 9.28. The molecule has 1 atom stereocenters. The number of nitrogens with zero attached hydrogens (tertiary/aromatic N) is 2. The number of carbonyl (C=O) groups excluding carboxylic acids is 1. The molecular weight excluding hydrogens is 430 g/mol. The van der Waals surface area contributed by atoms with Crippen molar-refractivity contribution in [2.45, 2.75) is 32.5 Å². The van der Waals surface area contributed by atoms with Crippen molar-refractivity contribution >= 4 is 28.4 Å². The quantitative estimate of drug-likeness (QED) is 0.464. The molecule has 4 aromatic rings. The minimum atomic E-state index is -0.832. The van der Waals surface area contributed by atoms with Crippen LogP contribution in [0.1, 0.15) is 30.7 Å². The number of nitrogens with one attached hydrogen (secondary N) is 1. The van der Waals surface area contributed by atoms with E-state index in [2.05, 4.69) is 5.32 Å². The molecule has 0 bridgehead atoms. The Morgan fingerprint density at radius 3 is 2.56 bits per heavy atom. The van der Waals surface area contributed by atoms with Crippen molar-refractivity contribution in [2.24, 2.45) is 0 Å². The number of furan rings is 1. The molecule has 2 aromatic carbocycles. The summed E-state index contributed by atoms with van der Waals surface area (Å²) in [5, 5.41) is 3.51. The van der Waals surface area contributed by atoms with Gasteiger partial charge in [-0.1, -0.05) is 48.9 Å². The summed E-state index contributed by atoms with van der Waals surface area (Å²) < 4.78 is 7.79. The number of hydrogen-bond acceptors (Lipinski definition) is 4. The van der Waals surface area contributed by atoms with Crippen LogP contribution < -0.4 is 16.6 Å². The van der Waals surface area contributed by atoms with Crippen molar-refractivity contribution < 1.29 is 9.21 Å². The van der Waals surface area contributed by atoms with Gasteiger partial charge >= 0.3 is 5.69 Å². The van der Waals surface area contributed by atoms with Crippen LogP contribution in [0.25, 0.3) is 10.9 Å². The molecule has 0 aliphatic heterocycles. The lowest BCUT2D eigenvalue weighted by molar-refractivity contribution is -0.124. The zero-order chi connectivity index (χ0) is 22.7. The molecular formula is C24H22ClN3O4. The van der Waals surface area contributed by atoms with E-state index in [1.54, 1.807) is 30.3 Å². The summed E-state index contributed by atoms with van der Waals surface area (Å²) in [7, 11) is 0. The number of halogens is 1. The van der Waals surface area contributed by atoms with E-state index < -0.39 is 17.3 Å². The van der Waals surface area contributed by atoms with E-state index in [9.17, 15) is 14.4 Å². The number of amides is 1. The molecule has 0 aliphatic rings. The maximum atomic E-state index is 13.5. The molecule has 0 aliphatic carbocycles. The van der Waals surface area contributed by atoms with Gasteiger partial charge in [0.1, 0.15) is 11.8 Å². The first kappa shape index (κ1) is 21.6. The van der Waals surface area contributed by atoms with Crippen LogP contribution in [0.2, 0.25) is 5.02 Å². The fraction of sp³-hybridized carbons (Fsp3) is 0.208. The largest absolute Gasteiger partial charge is 0.467 e. The van der Waals surface area contributed by atoms with Gasteiger partial charge in [0.15, 0.2) is 0 Å². The third kappa shape index (κ3) is 4.24. The van der Waals surface area contributed by atoms with Crippen molar-refractivity contribution in [3.63, 3.8) is 0 Å². The summed E-state index contributed by atoms with van der Waals surface area (Å²) in [4.78, 5) is 39.8. The predicted octanol–water partition coefficient (Wildman–Crippen LogP) is 3.73. The molecule has 4 rings (SSSR count). The van der Waals surface area contributed by atoms with Crippen LogP contribution in [0.4, 0.5) is 0 Å². The van der Waals surface area contributed by atoms with Crippen LogP contribution in [-0.2, 0) is 17.9 Å². The fourth-order valence-corrected chi connectivity index (χ4v) is 3.91. The molecule has 0 saturated heterocycles. The summed E-state index contributed by atoms with van der Waals surface area (Å²) in [6.45, 7) is 2.10. The number of hydrogen-bond donors (Lipinski definition) is 1. The van der Waals surface area contributed by atoms with Gasteiger partial charge in [-0.2, -0.15) is 0 Å². The van der Waals surface area contributed by atoms with Gasteiger partial charge in [0, 0.05) is 5.02 Å². The highest BCUT2D eigenvalue weighted by Crippen LogP contribution is 2.21. The molecule has 2 heterocycles. The number of carbonyl (C=O) groups is 1. The minimum Gasteiger partial charge on any atom is -0.467 e. The van der Waals surface area contributed by atoms with Gasteiger partial charge in [-0.05, 0) is 42.3 Å². The summed E-state index contributed by atoms with van der Waals surface area (Å²) in [6, 6.07) is 16.6. The SMILES string of the molecule is CCC(C(=O)NCc1ccco1)n1c(=O)n(Cc2ccccc2)c(=O)c2ccc(Cl)cc21. The summed E-state index contributed by atoms with van der Waals surface area (Å²) in [6.07, 6.45) is 1.87. The first-order chi connectivity index (χ1) is 15.5. The molecule has 2 aromatic heterocycles. The van der Waals surface area contributed by atoms with Gasteiger partial charge in [0.25, 0.3) is 5.56 Å². The third-order valence-electron chi connectivity index (χ3n) is 5.33. The molecule has 0 saturated carbocycles. The second-order valence-electron chi connectivity index (χ2n) is 7.41. The molecule has 1 unspecified atom stereocenters. The zero-order valence-corrected chi connectivity index (χ0v) is 18.2. The molecule has 1 amide bonds. The van der Waals surface area contributed by atoms with Gasteiger partial charge in [0.05, 0.1) is 30.3 Å². The van der Waals surface area contributed by atoms with E-state index in [1.807, 2.05) is 37.3 Å². The van der Waals surface area contributed by atoms with Crippen LogP contribution in [0, 0.1) is 0 Å². The lowest BCUT2D eigenvalue weighted by Crippen LogP contribution is -2.45. The number of rotatable bonds is 7. The molecule has 0 radical (unpaired) electrons. The molecule has 7 nitrogen and oxygen atoms in total. The van der Waals surface area contributed by atoms with E-state index in [1.165, 1.54) is 10.8 Å². The van der Waals surface area contributed by atoms with Crippen molar-refractivity contribution in [3.05, 3.63) is 104 Å². The standard InChI is InChI=1S/C24H22ClN3O4/c1-2-20(22(29)26-14-18-9-6-12-32-18)28-21-13-17(25)10-11-19(21)23(30)27(24(28)31)15-16-7-4-3-5-8-16/h3-13,20H,2,14-15H2,1H3,(H,26,29). The Labute approximate surface area is 188 Å². The molecule has 1 N–H and O–H groups in total. The van der Waals surface area contributed by atoms with Crippen molar-refractivity contribution in [1.29, 1.82) is 0 Å². The van der Waals surface area contributed by atoms with Crippen molar-refractivity contribution in [1.82, 2.24) is 14.5 Å². The van der Waals surface area contributed by atoms with Gasteiger partial charge in [-0.25, -0.2) is 4.79 Å². The molecule has 8 heteroatoms. The Kier molecular flexibility index (Phi) is 6.28. The monoisotopic (exact) mass is 451 g/mol. The smallest absolute Gasteiger partial charge is 0.332 e. The van der Waals surface area contributed by atoms with Crippen LogP contribution in [0.3, 0.4) is 0 Å². The second-order valence-corrected chi connectivity index (χ2v) is 7.85. The molecule has 32 heavy (non-hydrogen) atoms. The van der Waals surface area contributed by atoms with Gasteiger partial charge in [-0.15, -0.1) is 0 Å². The van der Waals surface area contributed by atoms with Crippen LogP contribution in [0.15, 0.2) is 80.9 Å². The van der Waals surface area contributed by atoms with E-state index in [4.69, 9.17) is 16.0 Å². The number of benzene rings is 2. The Hall–Kier alpha value is -3.58. The van der Waals surface area contributed by atoms with Gasteiger partial charge < -0.3 is 9.73 Å². The zero-order valence-electron chi connectivity index (χ0n) is 17.5. The highest BCUT2D eigenvalue weighted by atomic mass is 35.5. The van der Waals surface area contributed by atoms with Crippen molar-refractivity contribution in [2.75, 3.05) is 0 Å². The summed E-state index contributed by atoms with van der Waals surface area (Å²) >= 11 is 6.18. The van der Waals surface area contributed by atoms with E-state index in [0.29, 0.717) is 28.1 Å². The summed E-state index contributed by atoms with van der Waals surface area (Å²) in [5.74, 6) is 0.250. The molecule has 164 valence electrons. The van der Waals surface area contributed by atoms with Gasteiger partial charge in [0.2, 0.25) is 5.91 Å². The Bertz CT molecular complexity index is 1360. The van der Waals surface area contributed by atoms with Gasteiger partial charge in [-0.3, -0.25) is 18.7 Å². The number of fused-ring (bicyclic) bond motifs is 1. The lowest BCUT2D eigenvalue weighted by Gasteiger charge is -2.21. The first-order valence-electron chi connectivity index (χ1n) is 10.3. The fourth-order valence-electron chi connectivity index (χ4n) is 3.75. The maximum Gasteiger partial charge on any atom is 0.332 e. The van der Waals surface area contributed by atoms with E-state index in [0.717, 1.165) is 10.1 Å².